The second kappa shape index (κ2) is 7.34. The number of fused-ring (bicyclic) bond motifs is 1. The second-order valence-corrected chi connectivity index (χ2v) is 6.05. The molecule has 3 heterocycles. The van der Waals surface area contributed by atoms with E-state index in [2.05, 4.69) is 19.7 Å². The van der Waals surface area contributed by atoms with Gasteiger partial charge in [0.1, 0.15) is 29.7 Å². The number of rotatable bonds is 5. The van der Waals surface area contributed by atoms with Gasteiger partial charge in [-0.05, 0) is 37.1 Å². The number of aryl methyl sites for hydroxylation is 1. The summed E-state index contributed by atoms with van der Waals surface area (Å²) < 4.78 is 13.9. The van der Waals surface area contributed by atoms with Gasteiger partial charge in [-0.25, -0.2) is 0 Å². The molecule has 0 atom stereocenters. The Balaban J connectivity index is 1.43. The van der Waals surface area contributed by atoms with Crippen molar-refractivity contribution in [3.8, 4) is 17.2 Å². The lowest BCUT2D eigenvalue weighted by atomic mass is 10.2. The Kier molecular flexibility index (Phi) is 4.59. The smallest absolute Gasteiger partial charge is 0.171 e. The normalized spacial score (nSPS) is 13.8. The van der Waals surface area contributed by atoms with Crippen LogP contribution in [0.2, 0.25) is 0 Å². The van der Waals surface area contributed by atoms with Gasteiger partial charge in [0.05, 0.1) is 6.20 Å². The fraction of sp³-hybridized carbons (Fsp3) is 0.316. The summed E-state index contributed by atoms with van der Waals surface area (Å²) in [5, 5.41) is 8.60. The van der Waals surface area contributed by atoms with Crippen molar-refractivity contribution in [3.05, 3.63) is 60.4 Å². The van der Waals surface area contributed by atoms with Crippen molar-refractivity contribution in [1.29, 1.82) is 0 Å². The van der Waals surface area contributed by atoms with E-state index in [-0.39, 0.29) is 0 Å². The summed E-state index contributed by atoms with van der Waals surface area (Å²) in [6, 6.07) is 11.3. The Hall–Kier alpha value is -2.89. The van der Waals surface area contributed by atoms with E-state index < -0.39 is 0 Å². The summed E-state index contributed by atoms with van der Waals surface area (Å²) in [5.74, 6) is 4.11. The maximum atomic E-state index is 5.92. The molecule has 0 saturated heterocycles. The number of hydrogen-bond acceptors (Lipinski definition) is 5. The van der Waals surface area contributed by atoms with Crippen LogP contribution in [0.4, 0.5) is 0 Å². The Morgan fingerprint density at radius 2 is 1.88 bits per heavy atom. The fourth-order valence-electron chi connectivity index (χ4n) is 2.97. The lowest BCUT2D eigenvalue weighted by Crippen LogP contribution is -2.08. The van der Waals surface area contributed by atoms with Gasteiger partial charge in [-0.15, -0.1) is 10.2 Å². The molecule has 0 fully saturated rings. The van der Waals surface area contributed by atoms with E-state index in [1.165, 1.54) is 19.3 Å². The summed E-state index contributed by atoms with van der Waals surface area (Å²) in [5.41, 5.74) is 0. The van der Waals surface area contributed by atoms with E-state index in [1.807, 2.05) is 36.4 Å². The van der Waals surface area contributed by atoms with Gasteiger partial charge >= 0.3 is 0 Å². The molecule has 1 aliphatic rings. The Labute approximate surface area is 146 Å². The molecule has 4 rings (SSSR count). The van der Waals surface area contributed by atoms with E-state index >= 15 is 0 Å². The third-order valence-electron chi connectivity index (χ3n) is 4.23. The third-order valence-corrected chi connectivity index (χ3v) is 4.23. The van der Waals surface area contributed by atoms with Gasteiger partial charge < -0.3 is 14.0 Å². The molecule has 1 aliphatic heterocycles. The number of pyridine rings is 1. The molecule has 0 spiro atoms. The first-order valence-corrected chi connectivity index (χ1v) is 8.60. The molecule has 3 aromatic rings. The monoisotopic (exact) mass is 336 g/mol. The number of aromatic nitrogens is 4. The summed E-state index contributed by atoms with van der Waals surface area (Å²) in [4.78, 5) is 4.05. The van der Waals surface area contributed by atoms with Crippen LogP contribution in [0.5, 0.6) is 17.2 Å². The first kappa shape index (κ1) is 15.6. The third kappa shape index (κ3) is 3.79. The molecular formula is C19H20N4O2. The number of benzene rings is 1. The van der Waals surface area contributed by atoms with Crippen molar-refractivity contribution in [2.45, 2.75) is 38.8 Å². The maximum absolute atomic E-state index is 5.92. The van der Waals surface area contributed by atoms with Crippen molar-refractivity contribution in [1.82, 2.24) is 19.7 Å². The minimum absolute atomic E-state index is 0.406. The van der Waals surface area contributed by atoms with Gasteiger partial charge in [0.2, 0.25) is 0 Å². The predicted octanol–water partition coefficient (Wildman–Crippen LogP) is 3.77. The Bertz CT molecular complexity index is 832. The van der Waals surface area contributed by atoms with Crippen LogP contribution in [-0.2, 0) is 19.6 Å². The second-order valence-electron chi connectivity index (χ2n) is 6.05. The quantitative estimate of drug-likeness (QED) is 0.710. The molecule has 25 heavy (non-hydrogen) atoms. The lowest BCUT2D eigenvalue weighted by molar-refractivity contribution is 0.287. The maximum Gasteiger partial charge on any atom is 0.171 e. The van der Waals surface area contributed by atoms with Crippen molar-refractivity contribution in [3.63, 3.8) is 0 Å². The molecule has 0 N–H and O–H groups in total. The average molecular weight is 336 g/mol. The zero-order valence-electron chi connectivity index (χ0n) is 14.0. The van der Waals surface area contributed by atoms with E-state index in [0.717, 1.165) is 30.4 Å². The highest BCUT2D eigenvalue weighted by molar-refractivity contribution is 5.36. The van der Waals surface area contributed by atoms with Crippen LogP contribution in [0.25, 0.3) is 0 Å². The van der Waals surface area contributed by atoms with Crippen LogP contribution < -0.4 is 9.47 Å². The summed E-state index contributed by atoms with van der Waals surface area (Å²) in [7, 11) is 0. The molecule has 6 nitrogen and oxygen atoms in total. The summed E-state index contributed by atoms with van der Waals surface area (Å²) in [6.07, 6.45) is 8.00. The van der Waals surface area contributed by atoms with Gasteiger partial charge in [0.25, 0.3) is 0 Å². The zero-order chi connectivity index (χ0) is 16.9. The lowest BCUT2D eigenvalue weighted by Gasteiger charge is -2.10. The Morgan fingerprint density at radius 1 is 0.960 bits per heavy atom. The predicted molar refractivity (Wildman–Crippen MR) is 92.7 cm³/mol. The molecule has 0 amide bonds. The molecule has 6 heteroatoms. The Morgan fingerprint density at radius 3 is 2.80 bits per heavy atom. The first-order valence-electron chi connectivity index (χ1n) is 8.60. The minimum atomic E-state index is 0.406. The van der Waals surface area contributed by atoms with Crippen molar-refractivity contribution in [2.24, 2.45) is 0 Å². The van der Waals surface area contributed by atoms with E-state index in [0.29, 0.717) is 18.1 Å². The van der Waals surface area contributed by atoms with Crippen LogP contribution in [0.1, 0.15) is 30.9 Å². The molecule has 0 radical (unpaired) electrons. The highest BCUT2D eigenvalue weighted by Crippen LogP contribution is 2.25. The SMILES string of the molecule is c1cncc(Oc2cccc(OCc3nnc4n3CCCCC4)c2)c1. The van der Waals surface area contributed by atoms with Gasteiger partial charge in [-0.1, -0.05) is 12.5 Å². The van der Waals surface area contributed by atoms with E-state index in [9.17, 15) is 0 Å². The minimum Gasteiger partial charge on any atom is -0.485 e. The molecule has 128 valence electrons. The van der Waals surface area contributed by atoms with Crippen LogP contribution in [0, 0.1) is 0 Å². The van der Waals surface area contributed by atoms with Gasteiger partial charge in [0, 0.05) is 25.2 Å². The van der Waals surface area contributed by atoms with Crippen molar-refractivity contribution in [2.75, 3.05) is 0 Å². The van der Waals surface area contributed by atoms with Crippen LogP contribution >= 0.6 is 0 Å². The highest BCUT2D eigenvalue weighted by Gasteiger charge is 2.15. The standard InChI is InChI=1S/C19H20N4O2/c1-2-9-18-21-22-19(23(18)11-3-1)14-24-15-6-4-7-16(12-15)25-17-8-5-10-20-13-17/h4-8,10,12-13H,1-3,9,11,14H2. The fourth-order valence-corrected chi connectivity index (χ4v) is 2.97. The molecule has 0 saturated carbocycles. The van der Waals surface area contributed by atoms with Crippen LogP contribution in [0.15, 0.2) is 48.8 Å². The van der Waals surface area contributed by atoms with Crippen molar-refractivity contribution >= 4 is 0 Å². The van der Waals surface area contributed by atoms with Gasteiger partial charge in [0.15, 0.2) is 5.82 Å². The van der Waals surface area contributed by atoms with Crippen LogP contribution in [-0.4, -0.2) is 19.7 Å². The summed E-state index contributed by atoms with van der Waals surface area (Å²) >= 11 is 0. The number of hydrogen-bond donors (Lipinski definition) is 0. The number of ether oxygens (including phenoxy) is 2. The highest BCUT2D eigenvalue weighted by atomic mass is 16.5. The molecular weight excluding hydrogens is 316 g/mol. The zero-order valence-corrected chi connectivity index (χ0v) is 14.0. The molecule has 0 aliphatic carbocycles. The van der Waals surface area contributed by atoms with E-state index in [1.54, 1.807) is 12.4 Å². The largest absolute Gasteiger partial charge is 0.485 e. The van der Waals surface area contributed by atoms with Gasteiger partial charge in [-0.2, -0.15) is 0 Å². The van der Waals surface area contributed by atoms with E-state index in [4.69, 9.17) is 9.47 Å². The van der Waals surface area contributed by atoms with Gasteiger partial charge in [-0.3, -0.25) is 4.98 Å². The van der Waals surface area contributed by atoms with Crippen molar-refractivity contribution < 1.29 is 9.47 Å². The molecule has 1 aromatic carbocycles. The average Bonchev–Trinajstić information content (AvgIpc) is 2.87. The molecule has 0 unspecified atom stereocenters. The number of nitrogens with zero attached hydrogens (tertiary/aromatic N) is 4. The van der Waals surface area contributed by atoms with Crippen LogP contribution in [0.3, 0.4) is 0 Å². The topological polar surface area (TPSA) is 62.1 Å². The summed E-state index contributed by atoms with van der Waals surface area (Å²) in [6.45, 7) is 1.38. The first-order chi connectivity index (χ1) is 12.4. The molecule has 0 bridgehead atoms. The molecule has 2 aromatic heterocycles.